The number of ether oxygens (including phenoxy) is 1. The monoisotopic (exact) mass is 341 g/mol. The summed E-state index contributed by atoms with van der Waals surface area (Å²) in [4.78, 5) is 18.9. The third kappa shape index (κ3) is 4.48. The predicted octanol–water partition coefficient (Wildman–Crippen LogP) is 3.07. The number of aromatic nitrogens is 2. The van der Waals surface area contributed by atoms with Crippen LogP contribution in [0.3, 0.4) is 0 Å². The van der Waals surface area contributed by atoms with Crippen LogP contribution >= 0.6 is 0 Å². The minimum absolute atomic E-state index is 0.0916. The third-order valence-electron chi connectivity index (χ3n) is 4.90. The molecule has 5 heteroatoms. The normalized spacial score (nSPS) is 18.8. The van der Waals surface area contributed by atoms with Gasteiger partial charge >= 0.3 is 0 Å². The van der Waals surface area contributed by atoms with Crippen LogP contribution in [0, 0.1) is 11.3 Å². The van der Waals surface area contributed by atoms with Crippen LogP contribution in [0.5, 0.6) is 0 Å². The number of nitrogens with zero attached hydrogens (tertiary/aromatic N) is 3. The fourth-order valence-electron chi connectivity index (χ4n) is 3.05. The van der Waals surface area contributed by atoms with E-state index in [1.54, 1.807) is 12.5 Å². The SMILES string of the molecule is CC(C)(C)C1COCCN(C(=O)c2ccc(Cn3ccnc3)cc2)C1. The van der Waals surface area contributed by atoms with Crippen LogP contribution in [-0.2, 0) is 11.3 Å². The van der Waals surface area contributed by atoms with E-state index in [-0.39, 0.29) is 11.3 Å². The van der Waals surface area contributed by atoms with Gasteiger partial charge < -0.3 is 14.2 Å². The minimum Gasteiger partial charge on any atom is -0.379 e. The van der Waals surface area contributed by atoms with Crippen LogP contribution in [0.25, 0.3) is 0 Å². The molecule has 1 aromatic carbocycles. The third-order valence-corrected chi connectivity index (χ3v) is 4.90. The summed E-state index contributed by atoms with van der Waals surface area (Å²) in [6.07, 6.45) is 5.50. The van der Waals surface area contributed by atoms with E-state index in [0.29, 0.717) is 19.1 Å². The summed E-state index contributed by atoms with van der Waals surface area (Å²) in [5.41, 5.74) is 2.02. The van der Waals surface area contributed by atoms with E-state index >= 15 is 0 Å². The Kier molecular flexibility index (Phi) is 5.23. The zero-order chi connectivity index (χ0) is 17.9. The van der Waals surface area contributed by atoms with Crippen LogP contribution in [0.15, 0.2) is 43.0 Å². The first-order valence-electron chi connectivity index (χ1n) is 8.85. The number of carbonyl (C=O) groups is 1. The predicted molar refractivity (Wildman–Crippen MR) is 97.4 cm³/mol. The van der Waals surface area contributed by atoms with Gasteiger partial charge in [-0.3, -0.25) is 4.79 Å². The molecule has 0 spiro atoms. The molecule has 134 valence electrons. The van der Waals surface area contributed by atoms with E-state index in [0.717, 1.165) is 30.8 Å². The van der Waals surface area contributed by atoms with Gasteiger partial charge in [0.05, 0.1) is 19.5 Å². The molecule has 0 aliphatic carbocycles. The van der Waals surface area contributed by atoms with Crippen LogP contribution in [0.1, 0.15) is 36.7 Å². The van der Waals surface area contributed by atoms with Crippen molar-refractivity contribution in [2.75, 3.05) is 26.3 Å². The molecule has 1 amide bonds. The summed E-state index contributed by atoms with van der Waals surface area (Å²) in [6.45, 7) is 10.1. The summed E-state index contributed by atoms with van der Waals surface area (Å²) < 4.78 is 7.74. The lowest BCUT2D eigenvalue weighted by atomic mass is 9.81. The maximum Gasteiger partial charge on any atom is 0.253 e. The molecule has 0 N–H and O–H groups in total. The first-order valence-corrected chi connectivity index (χ1v) is 8.85. The van der Waals surface area contributed by atoms with Gasteiger partial charge in [0, 0.05) is 43.5 Å². The lowest BCUT2D eigenvalue weighted by Crippen LogP contribution is -2.39. The van der Waals surface area contributed by atoms with E-state index < -0.39 is 0 Å². The molecule has 1 aromatic heterocycles. The lowest BCUT2D eigenvalue weighted by Gasteiger charge is -2.32. The van der Waals surface area contributed by atoms with Gasteiger partial charge in [0.15, 0.2) is 0 Å². The average Bonchev–Trinajstić information content (AvgIpc) is 2.95. The zero-order valence-corrected chi connectivity index (χ0v) is 15.3. The molecule has 0 radical (unpaired) electrons. The first-order chi connectivity index (χ1) is 11.9. The van der Waals surface area contributed by atoms with Gasteiger partial charge in [0.25, 0.3) is 5.91 Å². The van der Waals surface area contributed by atoms with Crippen molar-refractivity contribution in [1.29, 1.82) is 0 Å². The quantitative estimate of drug-likeness (QED) is 0.862. The molecule has 2 aromatic rings. The van der Waals surface area contributed by atoms with Crippen molar-refractivity contribution < 1.29 is 9.53 Å². The maximum atomic E-state index is 12.9. The van der Waals surface area contributed by atoms with Gasteiger partial charge in [-0.15, -0.1) is 0 Å². The van der Waals surface area contributed by atoms with E-state index in [1.807, 2.05) is 39.9 Å². The van der Waals surface area contributed by atoms with Crippen molar-refractivity contribution in [1.82, 2.24) is 14.5 Å². The molecule has 5 nitrogen and oxygen atoms in total. The van der Waals surface area contributed by atoms with Gasteiger partial charge in [-0.1, -0.05) is 32.9 Å². The Hall–Kier alpha value is -2.14. The topological polar surface area (TPSA) is 47.4 Å². The highest BCUT2D eigenvalue weighted by atomic mass is 16.5. The highest BCUT2D eigenvalue weighted by Gasteiger charge is 2.31. The Bertz CT molecular complexity index is 687. The van der Waals surface area contributed by atoms with Gasteiger partial charge in [-0.05, 0) is 23.1 Å². The van der Waals surface area contributed by atoms with E-state index in [9.17, 15) is 4.79 Å². The highest BCUT2D eigenvalue weighted by Crippen LogP contribution is 2.28. The molecule has 0 saturated carbocycles. The van der Waals surface area contributed by atoms with Gasteiger partial charge in [0.2, 0.25) is 0 Å². The molecular weight excluding hydrogens is 314 g/mol. The smallest absolute Gasteiger partial charge is 0.253 e. The molecular formula is C20H27N3O2. The Balaban J connectivity index is 1.69. The van der Waals surface area contributed by atoms with Crippen molar-refractivity contribution >= 4 is 5.91 Å². The number of imidazole rings is 1. The summed E-state index contributed by atoms with van der Waals surface area (Å²) in [5, 5.41) is 0. The van der Waals surface area contributed by atoms with Crippen LogP contribution in [0.2, 0.25) is 0 Å². The molecule has 25 heavy (non-hydrogen) atoms. The molecule has 0 bridgehead atoms. The van der Waals surface area contributed by atoms with Crippen molar-refractivity contribution in [2.45, 2.75) is 27.3 Å². The highest BCUT2D eigenvalue weighted by molar-refractivity contribution is 5.94. The van der Waals surface area contributed by atoms with E-state index in [1.165, 1.54) is 0 Å². The second-order valence-corrected chi connectivity index (χ2v) is 7.82. The van der Waals surface area contributed by atoms with Crippen LogP contribution < -0.4 is 0 Å². The molecule has 1 fully saturated rings. The Labute approximate surface area is 149 Å². The van der Waals surface area contributed by atoms with E-state index in [2.05, 4.69) is 25.8 Å². The molecule has 1 aliphatic rings. The summed E-state index contributed by atoms with van der Waals surface area (Å²) in [6, 6.07) is 7.88. The fourth-order valence-corrected chi connectivity index (χ4v) is 3.05. The fraction of sp³-hybridized carbons (Fsp3) is 0.500. The molecule has 1 unspecified atom stereocenters. The maximum absolute atomic E-state index is 12.9. The first kappa shape index (κ1) is 17.7. The largest absolute Gasteiger partial charge is 0.379 e. The van der Waals surface area contributed by atoms with Crippen LogP contribution in [-0.4, -0.2) is 46.7 Å². The molecule has 1 aliphatic heterocycles. The Morgan fingerprint density at radius 2 is 2.04 bits per heavy atom. The van der Waals surface area contributed by atoms with Crippen molar-refractivity contribution in [3.05, 3.63) is 54.1 Å². The number of amides is 1. The Morgan fingerprint density at radius 1 is 1.28 bits per heavy atom. The summed E-state index contributed by atoms with van der Waals surface area (Å²) >= 11 is 0. The number of rotatable bonds is 3. The second-order valence-electron chi connectivity index (χ2n) is 7.82. The van der Waals surface area contributed by atoms with E-state index in [4.69, 9.17) is 4.74 Å². The second kappa shape index (κ2) is 7.40. The van der Waals surface area contributed by atoms with Crippen LogP contribution in [0.4, 0.5) is 0 Å². The molecule has 2 heterocycles. The van der Waals surface area contributed by atoms with Gasteiger partial charge in [-0.25, -0.2) is 4.98 Å². The average molecular weight is 341 g/mol. The van der Waals surface area contributed by atoms with Crippen molar-refractivity contribution in [2.24, 2.45) is 11.3 Å². The number of benzene rings is 1. The summed E-state index contributed by atoms with van der Waals surface area (Å²) in [7, 11) is 0. The minimum atomic E-state index is 0.0916. The summed E-state index contributed by atoms with van der Waals surface area (Å²) in [5.74, 6) is 0.438. The van der Waals surface area contributed by atoms with Crippen molar-refractivity contribution in [3.63, 3.8) is 0 Å². The zero-order valence-electron chi connectivity index (χ0n) is 15.3. The van der Waals surface area contributed by atoms with Crippen molar-refractivity contribution in [3.8, 4) is 0 Å². The standard InChI is InChI=1S/C20H27N3O2/c1-20(2,3)18-13-23(10-11-25-14-18)19(24)17-6-4-16(5-7-17)12-22-9-8-21-15-22/h4-9,15,18H,10-14H2,1-3H3. The number of carbonyl (C=O) groups excluding carboxylic acids is 1. The number of hydrogen-bond acceptors (Lipinski definition) is 3. The molecule has 1 saturated heterocycles. The lowest BCUT2D eigenvalue weighted by molar-refractivity contribution is 0.0692. The molecule has 1 atom stereocenters. The molecule has 3 rings (SSSR count). The number of hydrogen-bond donors (Lipinski definition) is 0. The van der Waals surface area contributed by atoms with Gasteiger partial charge in [0.1, 0.15) is 0 Å². The Morgan fingerprint density at radius 3 is 2.68 bits per heavy atom. The van der Waals surface area contributed by atoms with Gasteiger partial charge in [-0.2, -0.15) is 0 Å².